The Morgan fingerprint density at radius 1 is 1.19 bits per heavy atom. The third-order valence-electron chi connectivity index (χ3n) is 5.40. The quantitative estimate of drug-likeness (QED) is 0.486. The van der Waals surface area contributed by atoms with E-state index in [0.717, 1.165) is 12.8 Å². The number of carbonyl (C=O) groups is 1. The Morgan fingerprint density at radius 2 is 1.91 bits per heavy atom. The fraction of sp³-hybridized carbons (Fsp3) is 0.409. The molecule has 2 aromatic carbocycles. The first kappa shape index (κ1) is 25.3. The SMILES string of the molecule is CC1CCN(S(=O)(=O)c2ccc(Cl)c(C(=O)NCCSCc3c(F)cccc3Cl)c2)CC1. The fourth-order valence-electron chi connectivity index (χ4n) is 3.39. The number of nitrogens with one attached hydrogen (secondary N) is 1. The Hall–Kier alpha value is -1.32. The predicted octanol–water partition coefficient (Wildman–Crippen LogP) is 5.22. The summed E-state index contributed by atoms with van der Waals surface area (Å²) in [5.74, 6) is 0.591. The Balaban J connectivity index is 1.58. The molecular formula is C22H25Cl2FN2O3S2. The molecule has 0 spiro atoms. The van der Waals surface area contributed by atoms with Gasteiger partial charge >= 0.3 is 0 Å². The zero-order chi connectivity index (χ0) is 23.3. The minimum Gasteiger partial charge on any atom is -0.351 e. The van der Waals surface area contributed by atoms with Gasteiger partial charge in [-0.15, -0.1) is 0 Å². The number of rotatable bonds is 8. The molecule has 0 unspecified atom stereocenters. The number of halogens is 3. The monoisotopic (exact) mass is 518 g/mol. The summed E-state index contributed by atoms with van der Waals surface area (Å²) in [6.07, 6.45) is 1.63. The molecule has 174 valence electrons. The van der Waals surface area contributed by atoms with E-state index in [1.165, 1.54) is 40.3 Å². The molecule has 1 heterocycles. The lowest BCUT2D eigenvalue weighted by Gasteiger charge is -2.29. The van der Waals surface area contributed by atoms with Crippen molar-refractivity contribution in [2.45, 2.75) is 30.4 Å². The van der Waals surface area contributed by atoms with Crippen molar-refractivity contribution in [1.29, 1.82) is 0 Å². The number of piperidine rings is 1. The van der Waals surface area contributed by atoms with E-state index >= 15 is 0 Å². The highest BCUT2D eigenvalue weighted by Gasteiger charge is 2.29. The summed E-state index contributed by atoms with van der Waals surface area (Å²) in [7, 11) is -3.68. The second-order valence-corrected chi connectivity index (χ2v) is 11.6. The van der Waals surface area contributed by atoms with Crippen molar-refractivity contribution in [3.8, 4) is 0 Å². The number of thioether (sulfide) groups is 1. The molecule has 1 aliphatic rings. The summed E-state index contributed by atoms with van der Waals surface area (Å²) >= 11 is 13.6. The lowest BCUT2D eigenvalue weighted by atomic mass is 10.0. The lowest BCUT2D eigenvalue weighted by Crippen LogP contribution is -2.38. The first-order valence-electron chi connectivity index (χ1n) is 10.3. The number of benzene rings is 2. The van der Waals surface area contributed by atoms with E-state index in [4.69, 9.17) is 23.2 Å². The van der Waals surface area contributed by atoms with Crippen LogP contribution in [0.1, 0.15) is 35.7 Å². The molecule has 1 amide bonds. The molecule has 1 N–H and O–H groups in total. The average molecular weight is 519 g/mol. The first-order valence-corrected chi connectivity index (χ1v) is 13.6. The van der Waals surface area contributed by atoms with Crippen LogP contribution in [0.25, 0.3) is 0 Å². The van der Waals surface area contributed by atoms with Gasteiger partial charge in [0.15, 0.2) is 0 Å². The molecule has 0 atom stereocenters. The third kappa shape index (κ3) is 6.17. The summed E-state index contributed by atoms with van der Waals surface area (Å²) < 4.78 is 41.2. The van der Waals surface area contributed by atoms with Gasteiger partial charge in [0.1, 0.15) is 5.82 Å². The van der Waals surface area contributed by atoms with Gasteiger partial charge in [0.2, 0.25) is 10.0 Å². The fourth-order valence-corrected chi connectivity index (χ4v) is 6.29. The number of hydrogen-bond acceptors (Lipinski definition) is 4. The summed E-state index contributed by atoms with van der Waals surface area (Å²) in [5.41, 5.74) is 0.541. The molecule has 5 nitrogen and oxygen atoms in total. The number of sulfonamides is 1. The van der Waals surface area contributed by atoms with Crippen LogP contribution in [-0.4, -0.2) is 44.0 Å². The predicted molar refractivity (Wildman–Crippen MR) is 129 cm³/mol. The van der Waals surface area contributed by atoms with Crippen LogP contribution in [0.15, 0.2) is 41.3 Å². The van der Waals surface area contributed by atoms with Crippen molar-refractivity contribution in [2.75, 3.05) is 25.4 Å². The van der Waals surface area contributed by atoms with Crippen LogP contribution in [0.3, 0.4) is 0 Å². The van der Waals surface area contributed by atoms with Gasteiger partial charge in [0, 0.05) is 41.7 Å². The van der Waals surface area contributed by atoms with E-state index in [0.29, 0.717) is 47.6 Å². The minimum atomic E-state index is -3.68. The van der Waals surface area contributed by atoms with Crippen LogP contribution < -0.4 is 5.32 Å². The Labute approximate surface area is 202 Å². The van der Waals surface area contributed by atoms with Crippen molar-refractivity contribution in [3.05, 3.63) is 63.4 Å². The standard InChI is InChI=1S/C22H25Cl2FN2O3S2/c1-15-7-10-27(11-8-15)32(29,30)16-5-6-20(24)17(13-16)22(28)26-9-12-31-14-18-19(23)3-2-4-21(18)25/h2-6,13,15H,7-12,14H2,1H3,(H,26,28). The maximum atomic E-state index is 13.8. The largest absolute Gasteiger partial charge is 0.351 e. The van der Waals surface area contributed by atoms with E-state index < -0.39 is 15.9 Å². The number of nitrogens with zero attached hydrogens (tertiary/aromatic N) is 1. The van der Waals surface area contributed by atoms with Gasteiger partial charge in [-0.25, -0.2) is 12.8 Å². The van der Waals surface area contributed by atoms with Gasteiger partial charge in [0.05, 0.1) is 15.5 Å². The van der Waals surface area contributed by atoms with Gasteiger partial charge in [-0.2, -0.15) is 16.1 Å². The molecular weight excluding hydrogens is 494 g/mol. The molecule has 0 bridgehead atoms. The minimum absolute atomic E-state index is 0.0603. The summed E-state index contributed by atoms with van der Waals surface area (Å²) in [6.45, 7) is 3.36. The van der Waals surface area contributed by atoms with Crippen molar-refractivity contribution in [2.24, 2.45) is 5.92 Å². The lowest BCUT2D eigenvalue weighted by molar-refractivity contribution is 0.0956. The van der Waals surface area contributed by atoms with Crippen molar-refractivity contribution in [1.82, 2.24) is 9.62 Å². The Kier molecular flexibility index (Phi) is 8.86. The van der Waals surface area contributed by atoms with Crippen LogP contribution in [0, 0.1) is 11.7 Å². The van der Waals surface area contributed by atoms with Crippen LogP contribution in [0.2, 0.25) is 10.0 Å². The maximum absolute atomic E-state index is 13.8. The molecule has 1 fully saturated rings. The molecule has 0 aliphatic carbocycles. The van der Waals surface area contributed by atoms with Crippen LogP contribution in [0.5, 0.6) is 0 Å². The average Bonchev–Trinajstić information content (AvgIpc) is 2.75. The molecule has 2 aromatic rings. The van der Waals surface area contributed by atoms with Gasteiger partial charge in [-0.05, 0) is 49.1 Å². The zero-order valence-corrected chi connectivity index (χ0v) is 20.8. The molecule has 10 heteroatoms. The van der Waals surface area contributed by atoms with Gasteiger partial charge < -0.3 is 5.32 Å². The third-order valence-corrected chi connectivity index (χ3v) is 8.97. The number of carbonyl (C=O) groups excluding carboxylic acids is 1. The molecule has 32 heavy (non-hydrogen) atoms. The normalized spacial score (nSPS) is 15.6. The maximum Gasteiger partial charge on any atom is 0.252 e. The highest BCUT2D eigenvalue weighted by atomic mass is 35.5. The van der Waals surface area contributed by atoms with E-state index in [-0.39, 0.29) is 21.3 Å². The number of amides is 1. The van der Waals surface area contributed by atoms with Crippen molar-refractivity contribution >= 4 is 50.9 Å². The van der Waals surface area contributed by atoms with Crippen LogP contribution >= 0.6 is 35.0 Å². The molecule has 0 saturated carbocycles. The highest BCUT2D eigenvalue weighted by Crippen LogP contribution is 2.27. The van der Waals surface area contributed by atoms with Gasteiger partial charge in [-0.3, -0.25) is 4.79 Å². The highest BCUT2D eigenvalue weighted by molar-refractivity contribution is 7.98. The molecule has 0 radical (unpaired) electrons. The van der Waals surface area contributed by atoms with E-state index in [1.807, 2.05) is 0 Å². The molecule has 1 aliphatic heterocycles. The zero-order valence-electron chi connectivity index (χ0n) is 17.6. The second kappa shape index (κ2) is 11.2. The summed E-state index contributed by atoms with van der Waals surface area (Å²) in [5, 5.41) is 3.29. The molecule has 3 rings (SSSR count). The van der Waals surface area contributed by atoms with E-state index in [1.54, 1.807) is 12.1 Å². The summed E-state index contributed by atoms with van der Waals surface area (Å²) in [4.78, 5) is 12.7. The number of hydrogen-bond donors (Lipinski definition) is 1. The van der Waals surface area contributed by atoms with E-state index in [2.05, 4.69) is 12.2 Å². The second-order valence-electron chi connectivity index (χ2n) is 7.74. The van der Waals surface area contributed by atoms with Crippen molar-refractivity contribution < 1.29 is 17.6 Å². The molecule has 0 aromatic heterocycles. The first-order chi connectivity index (χ1) is 15.2. The summed E-state index contributed by atoms with van der Waals surface area (Å²) in [6, 6.07) is 8.74. The Bertz CT molecular complexity index is 1050. The molecule has 1 saturated heterocycles. The van der Waals surface area contributed by atoms with Gasteiger partial charge in [-0.1, -0.05) is 36.2 Å². The van der Waals surface area contributed by atoms with Crippen LogP contribution in [-0.2, 0) is 15.8 Å². The smallest absolute Gasteiger partial charge is 0.252 e. The Morgan fingerprint density at radius 3 is 2.59 bits per heavy atom. The van der Waals surface area contributed by atoms with Crippen LogP contribution in [0.4, 0.5) is 4.39 Å². The van der Waals surface area contributed by atoms with Gasteiger partial charge in [0.25, 0.3) is 5.91 Å². The van der Waals surface area contributed by atoms with E-state index in [9.17, 15) is 17.6 Å². The topological polar surface area (TPSA) is 66.5 Å². The van der Waals surface area contributed by atoms with Crippen molar-refractivity contribution in [3.63, 3.8) is 0 Å².